The third kappa shape index (κ3) is 3.50. The molecule has 0 fully saturated rings. The first kappa shape index (κ1) is 16.5. The van der Waals surface area contributed by atoms with E-state index in [0.717, 1.165) is 16.5 Å². The zero-order valence-electron chi connectivity index (χ0n) is 13.6. The third-order valence-electron chi connectivity index (χ3n) is 3.84. The second-order valence-electron chi connectivity index (χ2n) is 5.65. The van der Waals surface area contributed by atoms with Gasteiger partial charge in [0.25, 0.3) is 0 Å². The van der Waals surface area contributed by atoms with Crippen LogP contribution in [0.3, 0.4) is 0 Å². The van der Waals surface area contributed by atoms with Crippen molar-refractivity contribution in [3.63, 3.8) is 0 Å². The van der Waals surface area contributed by atoms with Crippen molar-refractivity contribution in [3.8, 4) is 0 Å². The Morgan fingerprint density at radius 1 is 1.12 bits per heavy atom. The van der Waals surface area contributed by atoms with Crippen LogP contribution < -0.4 is 5.32 Å². The molecule has 0 aliphatic heterocycles. The monoisotopic (exact) mass is 367 g/mol. The lowest BCUT2D eigenvalue weighted by Gasteiger charge is -2.04. The van der Waals surface area contributed by atoms with Gasteiger partial charge in [-0.15, -0.1) is 10.2 Å². The van der Waals surface area contributed by atoms with E-state index >= 15 is 0 Å². The van der Waals surface area contributed by atoms with E-state index in [0.29, 0.717) is 22.9 Å². The molecular weight excluding hydrogens is 353 g/mol. The summed E-state index contributed by atoms with van der Waals surface area (Å²) in [6.45, 7) is 0.347. The molecule has 4 rings (SSSR count). The fourth-order valence-corrected chi connectivity index (χ4v) is 3.17. The summed E-state index contributed by atoms with van der Waals surface area (Å²) < 4.78 is 12.9. The molecule has 0 saturated carbocycles. The SMILES string of the molecule is O=C(CSc1nnc2c(n1)[nH]c1ccccc12)NCc1ccc(F)cc1. The summed E-state index contributed by atoms with van der Waals surface area (Å²) >= 11 is 1.21. The Labute approximate surface area is 152 Å². The molecule has 0 bridgehead atoms. The first-order valence-electron chi connectivity index (χ1n) is 7.94. The van der Waals surface area contributed by atoms with Crippen LogP contribution in [0.2, 0.25) is 0 Å². The highest BCUT2D eigenvalue weighted by Gasteiger charge is 2.10. The number of aromatic nitrogens is 4. The highest BCUT2D eigenvalue weighted by Crippen LogP contribution is 2.23. The van der Waals surface area contributed by atoms with Gasteiger partial charge in [-0.25, -0.2) is 9.37 Å². The topological polar surface area (TPSA) is 83.6 Å². The zero-order valence-corrected chi connectivity index (χ0v) is 14.4. The number of benzene rings is 2. The Morgan fingerprint density at radius 3 is 2.77 bits per heavy atom. The minimum Gasteiger partial charge on any atom is -0.351 e. The highest BCUT2D eigenvalue weighted by molar-refractivity contribution is 7.99. The van der Waals surface area contributed by atoms with Gasteiger partial charge in [0, 0.05) is 17.4 Å². The average molecular weight is 367 g/mol. The molecule has 2 aromatic carbocycles. The number of H-pyrrole nitrogens is 1. The van der Waals surface area contributed by atoms with Gasteiger partial charge in [0.15, 0.2) is 5.65 Å². The molecule has 6 nitrogen and oxygen atoms in total. The predicted octanol–water partition coefficient (Wildman–Crippen LogP) is 3.05. The van der Waals surface area contributed by atoms with Gasteiger partial charge in [0.05, 0.1) is 5.75 Å². The maximum Gasteiger partial charge on any atom is 0.230 e. The molecule has 0 aliphatic rings. The van der Waals surface area contributed by atoms with Gasteiger partial charge >= 0.3 is 0 Å². The third-order valence-corrected chi connectivity index (χ3v) is 4.68. The molecule has 2 heterocycles. The van der Waals surface area contributed by atoms with Crippen LogP contribution in [0.15, 0.2) is 53.7 Å². The summed E-state index contributed by atoms with van der Waals surface area (Å²) in [4.78, 5) is 19.6. The van der Waals surface area contributed by atoms with E-state index in [9.17, 15) is 9.18 Å². The minimum atomic E-state index is -0.298. The number of para-hydroxylation sites is 1. The van der Waals surface area contributed by atoms with Gasteiger partial charge in [-0.1, -0.05) is 42.1 Å². The number of aromatic amines is 1. The first-order chi connectivity index (χ1) is 12.7. The summed E-state index contributed by atoms with van der Waals surface area (Å²) in [5.74, 6) is -0.276. The van der Waals surface area contributed by atoms with E-state index in [1.165, 1.54) is 23.9 Å². The minimum absolute atomic E-state index is 0.153. The highest BCUT2D eigenvalue weighted by atomic mass is 32.2. The van der Waals surface area contributed by atoms with Gasteiger partial charge in [-0.3, -0.25) is 4.79 Å². The summed E-state index contributed by atoms with van der Waals surface area (Å²) in [5, 5.41) is 12.5. The van der Waals surface area contributed by atoms with E-state index < -0.39 is 0 Å². The molecule has 0 spiro atoms. The van der Waals surface area contributed by atoms with Crippen LogP contribution in [0.4, 0.5) is 4.39 Å². The summed E-state index contributed by atoms with van der Waals surface area (Å²) in [6.07, 6.45) is 0. The Bertz CT molecular complexity index is 1080. The number of halogens is 1. The van der Waals surface area contributed by atoms with Crippen molar-refractivity contribution < 1.29 is 9.18 Å². The molecule has 0 unspecified atom stereocenters. The van der Waals surface area contributed by atoms with Crippen molar-refractivity contribution in [1.82, 2.24) is 25.5 Å². The average Bonchev–Trinajstić information content (AvgIpc) is 3.03. The van der Waals surface area contributed by atoms with E-state index in [-0.39, 0.29) is 17.5 Å². The summed E-state index contributed by atoms with van der Waals surface area (Å²) in [5.41, 5.74) is 3.15. The number of hydrogen-bond acceptors (Lipinski definition) is 5. The zero-order chi connectivity index (χ0) is 17.9. The van der Waals surface area contributed by atoms with E-state index in [4.69, 9.17) is 0 Å². The molecule has 0 radical (unpaired) electrons. The van der Waals surface area contributed by atoms with Crippen LogP contribution in [0.1, 0.15) is 5.56 Å². The molecule has 130 valence electrons. The standard InChI is InChI=1S/C18H14FN5OS/c19-12-7-5-11(6-8-12)9-20-15(25)10-26-18-22-17-16(23-24-18)13-3-1-2-4-14(13)21-17/h1-8H,9-10H2,(H,20,25)(H,21,22,24). The lowest BCUT2D eigenvalue weighted by atomic mass is 10.2. The van der Waals surface area contributed by atoms with Crippen molar-refractivity contribution in [3.05, 3.63) is 59.9 Å². The number of thioether (sulfide) groups is 1. The first-order valence-corrected chi connectivity index (χ1v) is 8.93. The van der Waals surface area contributed by atoms with E-state index in [1.54, 1.807) is 12.1 Å². The smallest absolute Gasteiger partial charge is 0.230 e. The molecule has 0 saturated heterocycles. The molecular formula is C18H14FN5OS. The number of nitrogens with zero attached hydrogens (tertiary/aromatic N) is 3. The van der Waals surface area contributed by atoms with Crippen molar-refractivity contribution >= 4 is 39.7 Å². The molecule has 2 aromatic heterocycles. The molecule has 4 aromatic rings. The Balaban J connectivity index is 1.38. The lowest BCUT2D eigenvalue weighted by molar-refractivity contribution is -0.118. The van der Waals surface area contributed by atoms with Crippen molar-refractivity contribution in [1.29, 1.82) is 0 Å². The molecule has 0 atom stereocenters. The van der Waals surface area contributed by atoms with Crippen LogP contribution in [0, 0.1) is 5.82 Å². The Kier molecular flexibility index (Phi) is 4.49. The van der Waals surface area contributed by atoms with E-state index in [2.05, 4.69) is 25.5 Å². The second kappa shape index (κ2) is 7.09. The Morgan fingerprint density at radius 2 is 1.92 bits per heavy atom. The normalized spacial score (nSPS) is 11.1. The maximum atomic E-state index is 12.9. The van der Waals surface area contributed by atoms with Crippen LogP contribution in [0.25, 0.3) is 22.1 Å². The van der Waals surface area contributed by atoms with Crippen molar-refractivity contribution in [2.24, 2.45) is 0 Å². The number of amides is 1. The number of fused-ring (bicyclic) bond motifs is 3. The van der Waals surface area contributed by atoms with Crippen molar-refractivity contribution in [2.45, 2.75) is 11.7 Å². The quantitative estimate of drug-likeness (QED) is 0.530. The molecule has 8 heteroatoms. The molecule has 1 amide bonds. The maximum absolute atomic E-state index is 12.9. The molecule has 2 N–H and O–H groups in total. The molecule has 0 aliphatic carbocycles. The predicted molar refractivity (Wildman–Crippen MR) is 98.2 cm³/mol. The van der Waals surface area contributed by atoms with Gasteiger partial charge < -0.3 is 10.3 Å². The Hall–Kier alpha value is -3.00. The fraction of sp³-hybridized carbons (Fsp3) is 0.111. The second-order valence-corrected chi connectivity index (χ2v) is 6.60. The number of rotatable bonds is 5. The fourth-order valence-electron chi connectivity index (χ4n) is 2.55. The number of nitrogens with one attached hydrogen (secondary N) is 2. The summed E-state index contributed by atoms with van der Waals surface area (Å²) in [6, 6.07) is 13.8. The van der Waals surface area contributed by atoms with Crippen LogP contribution in [-0.4, -0.2) is 31.8 Å². The van der Waals surface area contributed by atoms with E-state index in [1.807, 2.05) is 24.3 Å². The lowest BCUT2D eigenvalue weighted by Crippen LogP contribution is -2.24. The number of hydrogen-bond donors (Lipinski definition) is 2. The van der Waals surface area contributed by atoms with Gasteiger partial charge in [0.1, 0.15) is 11.3 Å². The van der Waals surface area contributed by atoms with Crippen LogP contribution >= 0.6 is 11.8 Å². The number of carbonyl (C=O) groups excluding carboxylic acids is 1. The summed E-state index contributed by atoms with van der Waals surface area (Å²) in [7, 11) is 0. The van der Waals surface area contributed by atoms with Crippen molar-refractivity contribution in [2.75, 3.05) is 5.75 Å². The largest absolute Gasteiger partial charge is 0.351 e. The van der Waals surface area contributed by atoms with Gasteiger partial charge in [-0.05, 0) is 23.8 Å². The van der Waals surface area contributed by atoms with Crippen LogP contribution in [0.5, 0.6) is 0 Å². The molecule has 26 heavy (non-hydrogen) atoms. The van der Waals surface area contributed by atoms with Crippen LogP contribution in [-0.2, 0) is 11.3 Å². The van der Waals surface area contributed by atoms with Gasteiger partial charge in [0.2, 0.25) is 11.1 Å². The number of carbonyl (C=O) groups is 1. The van der Waals surface area contributed by atoms with Gasteiger partial charge in [-0.2, -0.15) is 0 Å².